The molecule has 2 saturated heterocycles. The fourth-order valence-corrected chi connectivity index (χ4v) is 4.52. The van der Waals surface area contributed by atoms with Crippen LogP contribution in [0.25, 0.3) is 0 Å². The molecule has 1 aromatic heterocycles. The molecule has 1 N–H and O–H groups in total. The highest BCUT2D eigenvalue weighted by molar-refractivity contribution is 7.88. The summed E-state index contributed by atoms with van der Waals surface area (Å²) >= 11 is 0. The van der Waals surface area contributed by atoms with Crippen LogP contribution in [0.15, 0.2) is 4.52 Å². The van der Waals surface area contributed by atoms with Gasteiger partial charge in [-0.1, -0.05) is 5.16 Å². The molecule has 0 aliphatic carbocycles. The summed E-state index contributed by atoms with van der Waals surface area (Å²) in [4.78, 5) is 14.6. The van der Waals surface area contributed by atoms with E-state index < -0.39 is 10.0 Å². The number of piperidine rings is 1. The summed E-state index contributed by atoms with van der Waals surface area (Å²) < 4.78 is 36.5. The van der Waals surface area contributed by atoms with E-state index in [1.165, 1.54) is 6.26 Å². The monoisotopic (exact) mass is 385 g/mol. The minimum Gasteiger partial charge on any atom is -0.375 e. The van der Waals surface area contributed by atoms with Gasteiger partial charge in [0.15, 0.2) is 0 Å². The van der Waals surface area contributed by atoms with Crippen molar-refractivity contribution in [3.63, 3.8) is 0 Å². The molecule has 1 atom stereocenters. The molecule has 26 heavy (non-hydrogen) atoms. The van der Waals surface area contributed by atoms with Gasteiger partial charge in [0.1, 0.15) is 11.3 Å². The van der Waals surface area contributed by atoms with Crippen LogP contribution in [0.2, 0.25) is 0 Å². The quantitative estimate of drug-likeness (QED) is 0.837. The normalized spacial score (nSPS) is 23.3. The fourth-order valence-electron chi connectivity index (χ4n) is 3.98. The van der Waals surface area contributed by atoms with Gasteiger partial charge in [-0.05, 0) is 45.4 Å². The van der Waals surface area contributed by atoms with E-state index in [0.717, 1.165) is 25.7 Å². The van der Waals surface area contributed by atoms with E-state index in [0.29, 0.717) is 43.3 Å². The second-order valence-corrected chi connectivity index (χ2v) is 9.34. The van der Waals surface area contributed by atoms with E-state index in [-0.39, 0.29) is 17.4 Å². The highest BCUT2D eigenvalue weighted by Gasteiger charge is 2.41. The first kappa shape index (κ1) is 19.3. The second-order valence-electron chi connectivity index (χ2n) is 7.50. The van der Waals surface area contributed by atoms with E-state index in [1.807, 2.05) is 4.90 Å². The van der Waals surface area contributed by atoms with E-state index >= 15 is 0 Å². The van der Waals surface area contributed by atoms with Crippen molar-refractivity contribution in [3.8, 4) is 0 Å². The molecular formula is C17H27N3O5S. The average molecular weight is 385 g/mol. The summed E-state index contributed by atoms with van der Waals surface area (Å²) in [5.41, 5.74) is 0.923. The van der Waals surface area contributed by atoms with Crippen molar-refractivity contribution < 1.29 is 22.5 Å². The largest absolute Gasteiger partial charge is 0.375 e. The Morgan fingerprint density at radius 1 is 1.35 bits per heavy atom. The Bertz CT molecular complexity index is 746. The number of aromatic nitrogens is 1. The lowest BCUT2D eigenvalue weighted by Crippen LogP contribution is -2.51. The van der Waals surface area contributed by atoms with Crippen molar-refractivity contribution in [1.29, 1.82) is 0 Å². The molecule has 0 saturated carbocycles. The Morgan fingerprint density at radius 3 is 2.62 bits per heavy atom. The van der Waals surface area contributed by atoms with Crippen LogP contribution in [0.1, 0.15) is 47.5 Å². The van der Waals surface area contributed by atoms with Gasteiger partial charge < -0.3 is 14.2 Å². The Morgan fingerprint density at radius 2 is 2.04 bits per heavy atom. The van der Waals surface area contributed by atoms with Gasteiger partial charge in [0.2, 0.25) is 10.0 Å². The molecule has 1 unspecified atom stereocenters. The van der Waals surface area contributed by atoms with Crippen LogP contribution in [0, 0.1) is 19.8 Å². The van der Waals surface area contributed by atoms with Crippen LogP contribution in [0.3, 0.4) is 0 Å². The van der Waals surface area contributed by atoms with Gasteiger partial charge in [0, 0.05) is 26.2 Å². The molecule has 0 bridgehead atoms. The average Bonchev–Trinajstić information content (AvgIpc) is 2.91. The zero-order chi connectivity index (χ0) is 18.9. The maximum Gasteiger partial charge on any atom is 0.259 e. The molecule has 3 heterocycles. The third-order valence-electron chi connectivity index (χ3n) is 5.44. The standard InChI is InChI=1S/C17H27N3O5S/c1-12-15(13(2)25-19-12)16(21)20-7-5-17(6-8-20)10-14(4-9-24-17)11-18-26(3,22)23/h14,18H,4-11H2,1-3H3. The maximum absolute atomic E-state index is 12.8. The number of amides is 1. The van der Waals surface area contributed by atoms with Crippen LogP contribution in [0.5, 0.6) is 0 Å². The van der Waals surface area contributed by atoms with Gasteiger partial charge >= 0.3 is 0 Å². The maximum atomic E-state index is 12.8. The lowest BCUT2D eigenvalue weighted by Gasteiger charge is -2.46. The van der Waals surface area contributed by atoms with Crippen LogP contribution < -0.4 is 4.72 Å². The summed E-state index contributed by atoms with van der Waals surface area (Å²) in [6.45, 7) is 5.85. The van der Waals surface area contributed by atoms with Gasteiger partial charge in [-0.25, -0.2) is 13.1 Å². The van der Waals surface area contributed by atoms with Gasteiger partial charge in [-0.2, -0.15) is 0 Å². The van der Waals surface area contributed by atoms with Crippen molar-refractivity contribution >= 4 is 15.9 Å². The van der Waals surface area contributed by atoms with Crippen molar-refractivity contribution in [1.82, 2.24) is 14.8 Å². The molecule has 1 amide bonds. The third-order valence-corrected chi connectivity index (χ3v) is 6.13. The van der Waals surface area contributed by atoms with Crippen LogP contribution >= 0.6 is 0 Å². The molecule has 3 rings (SSSR count). The highest BCUT2D eigenvalue weighted by atomic mass is 32.2. The molecule has 2 fully saturated rings. The predicted molar refractivity (Wildman–Crippen MR) is 95.4 cm³/mol. The third kappa shape index (κ3) is 4.27. The number of sulfonamides is 1. The number of rotatable bonds is 4. The van der Waals surface area contributed by atoms with Crippen molar-refractivity contribution in [2.24, 2.45) is 5.92 Å². The molecule has 8 nitrogen and oxygen atoms in total. The fraction of sp³-hybridized carbons (Fsp3) is 0.765. The number of nitrogens with zero attached hydrogens (tertiary/aromatic N) is 2. The summed E-state index contributed by atoms with van der Waals surface area (Å²) in [6, 6.07) is 0. The summed E-state index contributed by atoms with van der Waals surface area (Å²) in [5.74, 6) is 0.777. The number of carbonyl (C=O) groups excluding carboxylic acids is 1. The summed E-state index contributed by atoms with van der Waals surface area (Å²) in [5, 5.41) is 3.86. The molecule has 0 radical (unpaired) electrons. The lowest BCUT2D eigenvalue weighted by atomic mass is 9.79. The van der Waals surface area contributed by atoms with Crippen molar-refractivity contribution in [3.05, 3.63) is 17.0 Å². The zero-order valence-corrected chi connectivity index (χ0v) is 16.4. The van der Waals surface area contributed by atoms with Gasteiger partial charge in [-0.15, -0.1) is 0 Å². The second kappa shape index (κ2) is 7.28. The number of hydrogen-bond acceptors (Lipinski definition) is 6. The van der Waals surface area contributed by atoms with Crippen LogP contribution in [-0.4, -0.2) is 62.5 Å². The van der Waals surface area contributed by atoms with E-state index in [1.54, 1.807) is 13.8 Å². The number of nitrogens with one attached hydrogen (secondary N) is 1. The first-order chi connectivity index (χ1) is 12.2. The molecule has 1 spiro atoms. The lowest BCUT2D eigenvalue weighted by molar-refractivity contribution is -0.122. The Kier molecular flexibility index (Phi) is 5.41. The Balaban J connectivity index is 1.59. The Hall–Kier alpha value is -1.45. The topological polar surface area (TPSA) is 102 Å². The number of ether oxygens (including phenoxy) is 1. The molecule has 2 aliphatic rings. The highest BCUT2D eigenvalue weighted by Crippen LogP contribution is 2.38. The molecule has 2 aliphatic heterocycles. The van der Waals surface area contributed by atoms with E-state index in [4.69, 9.17) is 9.26 Å². The molecule has 0 aromatic carbocycles. The molecule has 9 heteroatoms. The minimum absolute atomic E-state index is 0.0396. The van der Waals surface area contributed by atoms with Crippen molar-refractivity contribution in [2.45, 2.75) is 45.1 Å². The molecular weight excluding hydrogens is 358 g/mol. The summed E-state index contributed by atoms with van der Waals surface area (Å²) in [7, 11) is -3.18. The number of carbonyl (C=O) groups is 1. The predicted octanol–water partition coefficient (Wildman–Crippen LogP) is 1.24. The van der Waals surface area contributed by atoms with Gasteiger partial charge in [0.05, 0.1) is 17.6 Å². The number of hydrogen-bond donors (Lipinski definition) is 1. The molecule has 146 valence electrons. The zero-order valence-electron chi connectivity index (χ0n) is 15.6. The summed E-state index contributed by atoms with van der Waals surface area (Å²) in [6.07, 6.45) is 4.38. The van der Waals surface area contributed by atoms with Gasteiger partial charge in [-0.3, -0.25) is 4.79 Å². The van der Waals surface area contributed by atoms with E-state index in [9.17, 15) is 13.2 Å². The van der Waals surface area contributed by atoms with Crippen LogP contribution in [-0.2, 0) is 14.8 Å². The Labute approximate surface area is 154 Å². The SMILES string of the molecule is Cc1noc(C)c1C(=O)N1CCC2(CC1)CC(CNS(C)(=O)=O)CCO2. The number of likely N-dealkylation sites (tertiary alicyclic amines) is 1. The first-order valence-electron chi connectivity index (χ1n) is 9.00. The van der Waals surface area contributed by atoms with E-state index in [2.05, 4.69) is 9.88 Å². The minimum atomic E-state index is -3.18. The number of aryl methyl sites for hydroxylation is 2. The van der Waals surface area contributed by atoms with Crippen molar-refractivity contribution in [2.75, 3.05) is 32.5 Å². The van der Waals surface area contributed by atoms with Gasteiger partial charge in [0.25, 0.3) is 5.91 Å². The smallest absolute Gasteiger partial charge is 0.259 e. The van der Waals surface area contributed by atoms with Crippen LogP contribution in [0.4, 0.5) is 0 Å². The first-order valence-corrected chi connectivity index (χ1v) is 10.9. The molecule has 1 aromatic rings.